The zero-order valence-corrected chi connectivity index (χ0v) is 14.8. The Morgan fingerprint density at radius 1 is 1.21 bits per heavy atom. The van der Waals surface area contributed by atoms with E-state index in [4.69, 9.17) is 4.74 Å². The van der Waals surface area contributed by atoms with E-state index in [1.807, 2.05) is 19.1 Å². The molecule has 0 saturated carbocycles. The van der Waals surface area contributed by atoms with E-state index in [2.05, 4.69) is 14.9 Å². The lowest BCUT2D eigenvalue weighted by atomic mass is 10.2. The van der Waals surface area contributed by atoms with Gasteiger partial charge in [0.15, 0.2) is 0 Å². The Morgan fingerprint density at radius 3 is 2.54 bits per heavy atom. The molecule has 1 aliphatic rings. The van der Waals surface area contributed by atoms with Crippen molar-refractivity contribution in [3.63, 3.8) is 0 Å². The Balaban J connectivity index is 1.67. The van der Waals surface area contributed by atoms with Crippen LogP contribution < -0.4 is 10.0 Å². The summed E-state index contributed by atoms with van der Waals surface area (Å²) < 4.78 is 31.6. The maximum atomic E-state index is 12.0. The minimum absolute atomic E-state index is 0.131. The molecule has 0 atom stereocenters. The van der Waals surface area contributed by atoms with Gasteiger partial charge in [-0.05, 0) is 12.5 Å². The molecule has 1 amide bonds. The first kappa shape index (κ1) is 18.9. The highest BCUT2D eigenvalue weighted by Crippen LogP contribution is 2.06. The molecule has 1 heterocycles. The quantitative estimate of drug-likeness (QED) is 0.678. The van der Waals surface area contributed by atoms with Crippen molar-refractivity contribution in [1.82, 2.24) is 14.9 Å². The molecule has 1 saturated heterocycles. The number of benzene rings is 1. The number of aryl methyl sites for hydroxylation is 1. The van der Waals surface area contributed by atoms with Crippen molar-refractivity contribution in [2.24, 2.45) is 0 Å². The second kappa shape index (κ2) is 9.12. The highest BCUT2D eigenvalue weighted by molar-refractivity contribution is 7.88. The van der Waals surface area contributed by atoms with Crippen molar-refractivity contribution in [3.05, 3.63) is 35.4 Å². The second-order valence-electron chi connectivity index (χ2n) is 5.87. The van der Waals surface area contributed by atoms with Gasteiger partial charge in [-0.3, -0.25) is 9.69 Å². The van der Waals surface area contributed by atoms with Crippen LogP contribution in [0, 0.1) is 6.92 Å². The zero-order valence-electron chi connectivity index (χ0n) is 14.0. The number of nitrogens with zero attached hydrogens (tertiary/aromatic N) is 1. The number of hydrogen-bond acceptors (Lipinski definition) is 5. The minimum Gasteiger partial charge on any atom is -0.379 e. The van der Waals surface area contributed by atoms with Gasteiger partial charge in [-0.2, -0.15) is 0 Å². The van der Waals surface area contributed by atoms with Crippen molar-refractivity contribution in [2.45, 2.75) is 12.7 Å². The molecule has 0 unspecified atom stereocenters. The lowest BCUT2D eigenvalue weighted by molar-refractivity contribution is -0.120. The topological polar surface area (TPSA) is 87.7 Å². The zero-order chi connectivity index (χ0) is 17.4. The van der Waals surface area contributed by atoms with Gasteiger partial charge in [0.25, 0.3) is 0 Å². The third-order valence-corrected chi connectivity index (χ3v) is 5.08. The fourth-order valence-electron chi connectivity index (χ4n) is 2.37. The summed E-state index contributed by atoms with van der Waals surface area (Å²) in [6, 6.07) is 7.28. The number of rotatable bonds is 8. The van der Waals surface area contributed by atoms with Crippen LogP contribution in [0.3, 0.4) is 0 Å². The van der Waals surface area contributed by atoms with Crippen LogP contribution in [0.2, 0.25) is 0 Å². The normalized spacial score (nSPS) is 16.0. The van der Waals surface area contributed by atoms with Crippen LogP contribution >= 0.6 is 0 Å². The van der Waals surface area contributed by atoms with Gasteiger partial charge in [0.2, 0.25) is 15.9 Å². The number of carbonyl (C=O) groups excluding carboxylic acids is 1. The average molecular weight is 355 g/mol. The smallest absolute Gasteiger partial charge is 0.235 e. The van der Waals surface area contributed by atoms with Gasteiger partial charge < -0.3 is 10.1 Å². The molecule has 0 bridgehead atoms. The minimum atomic E-state index is -3.53. The fraction of sp³-hybridized carbons (Fsp3) is 0.562. The molecule has 1 aromatic rings. The summed E-state index contributed by atoms with van der Waals surface area (Å²) >= 11 is 0. The van der Waals surface area contributed by atoms with Gasteiger partial charge in [-0.25, -0.2) is 13.1 Å². The van der Waals surface area contributed by atoms with E-state index in [-0.39, 0.29) is 18.2 Å². The number of nitrogens with one attached hydrogen (secondary N) is 2. The van der Waals surface area contributed by atoms with Crippen molar-refractivity contribution in [1.29, 1.82) is 0 Å². The van der Waals surface area contributed by atoms with Crippen LogP contribution in [0.25, 0.3) is 0 Å². The first-order chi connectivity index (χ1) is 11.4. The van der Waals surface area contributed by atoms with E-state index in [9.17, 15) is 13.2 Å². The van der Waals surface area contributed by atoms with E-state index in [0.717, 1.165) is 25.2 Å². The second-order valence-corrected chi connectivity index (χ2v) is 7.68. The number of ether oxygens (including phenoxy) is 1. The maximum absolute atomic E-state index is 12.0. The monoisotopic (exact) mass is 355 g/mol. The molecule has 0 aliphatic carbocycles. The molecule has 1 aromatic carbocycles. The van der Waals surface area contributed by atoms with Crippen LogP contribution in [0.4, 0.5) is 0 Å². The number of sulfonamides is 1. The molecule has 7 nitrogen and oxygen atoms in total. The summed E-state index contributed by atoms with van der Waals surface area (Å²) in [6.07, 6.45) is 0. The Bertz CT molecular complexity index is 625. The van der Waals surface area contributed by atoms with E-state index in [1.165, 1.54) is 0 Å². The van der Waals surface area contributed by atoms with Crippen LogP contribution in [0.5, 0.6) is 0 Å². The summed E-state index contributed by atoms with van der Waals surface area (Å²) in [5.74, 6) is -0.454. The standard InChI is InChI=1S/C16H25N3O4S/c1-14-2-4-15(5-3-14)13-24(21,22)18-12-16(20)17-6-7-19-8-10-23-11-9-19/h2-5,18H,6-13H2,1H3,(H,17,20). The van der Waals surface area contributed by atoms with E-state index in [0.29, 0.717) is 25.3 Å². The molecule has 8 heteroatoms. The molecular weight excluding hydrogens is 330 g/mol. The number of hydrogen-bond donors (Lipinski definition) is 2. The van der Waals surface area contributed by atoms with Crippen molar-refractivity contribution in [2.75, 3.05) is 45.9 Å². The molecule has 1 aliphatic heterocycles. The molecule has 24 heavy (non-hydrogen) atoms. The summed E-state index contributed by atoms with van der Waals surface area (Å²) in [5.41, 5.74) is 1.77. The lowest BCUT2D eigenvalue weighted by Gasteiger charge is -2.26. The van der Waals surface area contributed by atoms with Gasteiger partial charge in [-0.15, -0.1) is 0 Å². The SMILES string of the molecule is Cc1ccc(CS(=O)(=O)NCC(=O)NCCN2CCOCC2)cc1. The van der Waals surface area contributed by atoms with Crippen LogP contribution in [-0.4, -0.2) is 65.2 Å². The number of morpholine rings is 1. The van der Waals surface area contributed by atoms with E-state index < -0.39 is 10.0 Å². The summed E-state index contributed by atoms with van der Waals surface area (Å²) in [4.78, 5) is 13.9. The molecule has 0 radical (unpaired) electrons. The van der Waals surface area contributed by atoms with Crippen molar-refractivity contribution in [3.8, 4) is 0 Å². The predicted molar refractivity (Wildman–Crippen MR) is 92.1 cm³/mol. The van der Waals surface area contributed by atoms with Crippen LogP contribution in [-0.2, 0) is 25.3 Å². The number of amides is 1. The Morgan fingerprint density at radius 2 is 1.88 bits per heavy atom. The maximum Gasteiger partial charge on any atom is 0.235 e. The van der Waals surface area contributed by atoms with Gasteiger partial charge in [0, 0.05) is 26.2 Å². The Labute approximate surface area is 143 Å². The van der Waals surface area contributed by atoms with Gasteiger partial charge in [-0.1, -0.05) is 29.8 Å². The molecule has 2 N–H and O–H groups in total. The van der Waals surface area contributed by atoms with Crippen molar-refractivity contribution < 1.29 is 17.9 Å². The lowest BCUT2D eigenvalue weighted by Crippen LogP contribution is -2.43. The van der Waals surface area contributed by atoms with Gasteiger partial charge in [0.1, 0.15) is 0 Å². The Kier molecular flexibility index (Phi) is 7.16. The third-order valence-electron chi connectivity index (χ3n) is 3.78. The van der Waals surface area contributed by atoms with Crippen LogP contribution in [0.1, 0.15) is 11.1 Å². The molecule has 0 aromatic heterocycles. The molecule has 134 valence electrons. The van der Waals surface area contributed by atoms with E-state index >= 15 is 0 Å². The Hall–Kier alpha value is -1.48. The molecular formula is C16H25N3O4S. The van der Waals surface area contributed by atoms with E-state index in [1.54, 1.807) is 12.1 Å². The first-order valence-corrected chi connectivity index (χ1v) is 9.69. The van der Waals surface area contributed by atoms with Gasteiger partial charge in [0.05, 0.1) is 25.5 Å². The first-order valence-electron chi connectivity index (χ1n) is 8.04. The predicted octanol–water partition coefficient (Wildman–Crippen LogP) is -0.137. The number of carbonyl (C=O) groups is 1. The summed E-state index contributed by atoms with van der Waals surface area (Å²) in [5, 5.41) is 2.73. The third kappa shape index (κ3) is 6.96. The van der Waals surface area contributed by atoms with Crippen LogP contribution in [0.15, 0.2) is 24.3 Å². The molecule has 2 rings (SSSR count). The molecule has 0 spiro atoms. The largest absolute Gasteiger partial charge is 0.379 e. The highest BCUT2D eigenvalue weighted by Gasteiger charge is 2.14. The highest BCUT2D eigenvalue weighted by atomic mass is 32.2. The molecule has 1 fully saturated rings. The fourth-order valence-corrected chi connectivity index (χ4v) is 3.46. The van der Waals surface area contributed by atoms with Crippen molar-refractivity contribution >= 4 is 15.9 Å². The average Bonchev–Trinajstić information content (AvgIpc) is 2.56. The summed E-state index contributed by atoms with van der Waals surface area (Å²) in [6.45, 7) is 6.09. The van der Waals surface area contributed by atoms with Gasteiger partial charge >= 0.3 is 0 Å². The summed E-state index contributed by atoms with van der Waals surface area (Å²) in [7, 11) is -3.53.